The van der Waals surface area contributed by atoms with Crippen LogP contribution in [-0.4, -0.2) is 30.5 Å². The molecule has 0 saturated carbocycles. The molecule has 1 aliphatic heterocycles. The van der Waals surface area contributed by atoms with Crippen molar-refractivity contribution in [1.82, 2.24) is 10.3 Å². The number of hydrogen-bond donors (Lipinski definition) is 1. The molecule has 0 unspecified atom stereocenters. The zero-order valence-corrected chi connectivity index (χ0v) is 16.7. The van der Waals surface area contributed by atoms with Crippen molar-refractivity contribution in [2.45, 2.75) is 33.1 Å². The molecule has 3 aromatic rings. The summed E-state index contributed by atoms with van der Waals surface area (Å²) in [6, 6.07) is 16.5. The molecule has 4 heteroatoms. The van der Waals surface area contributed by atoms with Crippen LogP contribution in [0.4, 0.5) is 5.82 Å². The molecule has 1 fully saturated rings. The van der Waals surface area contributed by atoms with Gasteiger partial charge in [-0.15, -0.1) is 0 Å². The second-order valence-electron chi connectivity index (χ2n) is 7.69. The number of rotatable bonds is 5. The summed E-state index contributed by atoms with van der Waals surface area (Å²) in [6.45, 7) is 6.73. The molecule has 4 nitrogen and oxygen atoms in total. The van der Waals surface area contributed by atoms with Crippen LogP contribution >= 0.6 is 0 Å². The van der Waals surface area contributed by atoms with Gasteiger partial charge in [0.15, 0.2) is 0 Å². The minimum Gasteiger partial charge on any atom is -0.356 e. The third-order valence-corrected chi connectivity index (χ3v) is 5.46. The van der Waals surface area contributed by atoms with E-state index in [-0.39, 0.29) is 5.91 Å². The molecule has 1 aliphatic rings. The highest BCUT2D eigenvalue weighted by atomic mass is 16.1. The molecule has 144 valence electrons. The Morgan fingerprint density at radius 2 is 1.82 bits per heavy atom. The topological polar surface area (TPSA) is 45.2 Å². The molecule has 1 saturated heterocycles. The van der Waals surface area contributed by atoms with Gasteiger partial charge >= 0.3 is 0 Å². The van der Waals surface area contributed by atoms with Crippen molar-refractivity contribution in [3.63, 3.8) is 0 Å². The Labute approximate surface area is 166 Å². The Balaban J connectivity index is 1.63. The lowest BCUT2D eigenvalue weighted by molar-refractivity contribution is 0.0954. The van der Waals surface area contributed by atoms with Gasteiger partial charge in [-0.1, -0.05) is 36.4 Å². The first-order valence-corrected chi connectivity index (χ1v) is 10.1. The number of amides is 1. The number of carbonyl (C=O) groups is 1. The fraction of sp³-hybridized carbons (Fsp3) is 0.333. The summed E-state index contributed by atoms with van der Waals surface area (Å²) in [7, 11) is 0. The molecule has 28 heavy (non-hydrogen) atoms. The van der Waals surface area contributed by atoms with E-state index >= 15 is 0 Å². The van der Waals surface area contributed by atoms with Crippen LogP contribution in [0, 0.1) is 13.8 Å². The summed E-state index contributed by atoms with van der Waals surface area (Å²) in [5.41, 5.74) is 5.25. The maximum absolute atomic E-state index is 13.1. The number of nitrogens with zero attached hydrogens (tertiary/aromatic N) is 2. The number of nitrogens with one attached hydrogen (secondary N) is 1. The summed E-state index contributed by atoms with van der Waals surface area (Å²) in [5, 5.41) is 4.16. The Bertz CT molecular complexity index is 992. The van der Waals surface area contributed by atoms with Gasteiger partial charge in [-0.05, 0) is 61.9 Å². The van der Waals surface area contributed by atoms with E-state index in [0.717, 1.165) is 54.6 Å². The minimum atomic E-state index is -0.0350. The van der Waals surface area contributed by atoms with Gasteiger partial charge in [0.05, 0.1) is 11.1 Å². The largest absolute Gasteiger partial charge is 0.356 e. The molecule has 0 bridgehead atoms. The molecule has 1 aromatic heterocycles. The van der Waals surface area contributed by atoms with Crippen molar-refractivity contribution in [1.29, 1.82) is 0 Å². The SMILES string of the molecule is Cc1cc(C)c2cc(C(=O)NCCc3ccccc3)c(N3CCCC3)nc2c1. The quantitative estimate of drug-likeness (QED) is 0.720. The lowest BCUT2D eigenvalue weighted by atomic mass is 10.0. The Morgan fingerprint density at radius 3 is 2.57 bits per heavy atom. The molecule has 1 N–H and O–H groups in total. The lowest BCUT2D eigenvalue weighted by Crippen LogP contribution is -2.29. The minimum absolute atomic E-state index is 0.0350. The number of hydrogen-bond acceptors (Lipinski definition) is 3. The van der Waals surface area contributed by atoms with Crippen molar-refractivity contribution in [3.05, 3.63) is 70.8 Å². The number of aromatic nitrogens is 1. The summed E-state index contributed by atoms with van der Waals surface area (Å²) in [5.74, 6) is 0.791. The highest BCUT2D eigenvalue weighted by molar-refractivity contribution is 6.03. The second kappa shape index (κ2) is 8.01. The normalized spacial score (nSPS) is 13.9. The first-order valence-electron chi connectivity index (χ1n) is 10.1. The van der Waals surface area contributed by atoms with Crippen molar-refractivity contribution in [3.8, 4) is 0 Å². The molecule has 0 atom stereocenters. The highest BCUT2D eigenvalue weighted by Gasteiger charge is 2.22. The van der Waals surface area contributed by atoms with Gasteiger partial charge in [0.1, 0.15) is 5.82 Å². The second-order valence-corrected chi connectivity index (χ2v) is 7.69. The average molecular weight is 374 g/mol. The fourth-order valence-electron chi connectivity index (χ4n) is 4.02. The number of anilines is 1. The van der Waals surface area contributed by atoms with Gasteiger partial charge in [-0.3, -0.25) is 4.79 Å². The molecule has 2 aromatic carbocycles. The van der Waals surface area contributed by atoms with E-state index in [1.807, 2.05) is 24.3 Å². The zero-order valence-electron chi connectivity index (χ0n) is 16.7. The van der Waals surface area contributed by atoms with Crippen LogP contribution in [0.15, 0.2) is 48.5 Å². The predicted octanol–water partition coefficient (Wildman–Crippen LogP) is 4.42. The van der Waals surface area contributed by atoms with Crippen LogP contribution in [0.5, 0.6) is 0 Å². The molecular formula is C24H27N3O. The molecule has 0 spiro atoms. The summed E-state index contributed by atoms with van der Waals surface area (Å²) < 4.78 is 0. The van der Waals surface area contributed by atoms with Crippen LogP contribution < -0.4 is 10.2 Å². The maximum atomic E-state index is 13.1. The van der Waals surface area contributed by atoms with E-state index in [0.29, 0.717) is 12.1 Å². The summed E-state index contributed by atoms with van der Waals surface area (Å²) in [4.78, 5) is 20.2. The van der Waals surface area contributed by atoms with Crippen molar-refractivity contribution in [2.24, 2.45) is 0 Å². The van der Waals surface area contributed by atoms with E-state index in [2.05, 4.69) is 48.3 Å². The number of benzene rings is 2. The van der Waals surface area contributed by atoms with E-state index in [1.54, 1.807) is 0 Å². The monoisotopic (exact) mass is 373 g/mol. The molecule has 0 aliphatic carbocycles. The van der Waals surface area contributed by atoms with Crippen LogP contribution in [0.25, 0.3) is 10.9 Å². The first-order chi connectivity index (χ1) is 13.6. The summed E-state index contributed by atoms with van der Waals surface area (Å²) >= 11 is 0. The molecule has 1 amide bonds. The third-order valence-electron chi connectivity index (χ3n) is 5.46. The van der Waals surface area contributed by atoms with Gasteiger partial charge in [0.25, 0.3) is 5.91 Å². The maximum Gasteiger partial charge on any atom is 0.255 e. The van der Waals surface area contributed by atoms with Crippen LogP contribution in [0.2, 0.25) is 0 Å². The lowest BCUT2D eigenvalue weighted by Gasteiger charge is -2.21. The first kappa shape index (κ1) is 18.5. The fourth-order valence-corrected chi connectivity index (χ4v) is 4.02. The summed E-state index contributed by atoms with van der Waals surface area (Å²) in [6.07, 6.45) is 3.13. The van der Waals surface area contributed by atoms with Crippen molar-refractivity contribution >= 4 is 22.6 Å². The molecular weight excluding hydrogens is 346 g/mol. The van der Waals surface area contributed by atoms with E-state index in [1.165, 1.54) is 11.1 Å². The number of pyridine rings is 1. The molecule has 4 rings (SSSR count). The van der Waals surface area contributed by atoms with Crippen LogP contribution in [0.1, 0.15) is 39.9 Å². The smallest absolute Gasteiger partial charge is 0.255 e. The van der Waals surface area contributed by atoms with E-state index < -0.39 is 0 Å². The predicted molar refractivity (Wildman–Crippen MR) is 115 cm³/mol. The van der Waals surface area contributed by atoms with Gasteiger partial charge in [-0.2, -0.15) is 0 Å². The van der Waals surface area contributed by atoms with Gasteiger partial charge in [0, 0.05) is 25.0 Å². The number of fused-ring (bicyclic) bond motifs is 1. The van der Waals surface area contributed by atoms with Crippen molar-refractivity contribution < 1.29 is 4.79 Å². The Kier molecular flexibility index (Phi) is 5.29. The van der Waals surface area contributed by atoms with Gasteiger partial charge < -0.3 is 10.2 Å². The third kappa shape index (κ3) is 3.86. The highest BCUT2D eigenvalue weighted by Crippen LogP contribution is 2.29. The standard InChI is InChI=1S/C24H27N3O/c1-17-14-18(2)20-16-21(23(26-22(20)15-17)27-12-6-7-13-27)24(28)25-11-10-19-8-4-3-5-9-19/h3-5,8-9,14-16H,6-7,10-13H2,1-2H3,(H,25,28). The average Bonchev–Trinajstić information content (AvgIpc) is 3.22. The molecule has 0 radical (unpaired) electrons. The number of carbonyl (C=O) groups excluding carboxylic acids is 1. The van der Waals surface area contributed by atoms with Gasteiger partial charge in [-0.25, -0.2) is 4.98 Å². The number of aryl methyl sites for hydroxylation is 2. The van der Waals surface area contributed by atoms with E-state index in [4.69, 9.17) is 4.98 Å². The van der Waals surface area contributed by atoms with Crippen molar-refractivity contribution in [2.75, 3.05) is 24.5 Å². The van der Waals surface area contributed by atoms with Crippen LogP contribution in [-0.2, 0) is 6.42 Å². The Hall–Kier alpha value is -2.88. The van der Waals surface area contributed by atoms with E-state index in [9.17, 15) is 4.79 Å². The molecule has 2 heterocycles. The Morgan fingerprint density at radius 1 is 1.07 bits per heavy atom. The van der Waals surface area contributed by atoms with Crippen LogP contribution in [0.3, 0.4) is 0 Å². The van der Waals surface area contributed by atoms with Gasteiger partial charge in [0.2, 0.25) is 0 Å². The zero-order chi connectivity index (χ0) is 19.5.